The third kappa shape index (κ3) is 4.52. The van der Waals surface area contributed by atoms with Gasteiger partial charge >= 0.3 is 5.97 Å². The van der Waals surface area contributed by atoms with Crippen LogP contribution in [0.25, 0.3) is 0 Å². The van der Waals surface area contributed by atoms with Crippen molar-refractivity contribution < 1.29 is 19.4 Å². The van der Waals surface area contributed by atoms with Crippen molar-refractivity contribution in [1.82, 2.24) is 5.32 Å². The van der Waals surface area contributed by atoms with Gasteiger partial charge in [0.2, 0.25) is 0 Å². The van der Waals surface area contributed by atoms with Gasteiger partial charge in [0.15, 0.2) is 6.61 Å². The molecule has 6 nitrogen and oxygen atoms in total. The van der Waals surface area contributed by atoms with Crippen molar-refractivity contribution in [3.05, 3.63) is 29.8 Å². The lowest BCUT2D eigenvalue weighted by Crippen LogP contribution is -2.28. The molecular formula is C11H14N2O4. The lowest BCUT2D eigenvalue weighted by Gasteiger charge is -2.05. The smallest absolute Gasteiger partial charge is 0.341 e. The lowest BCUT2D eigenvalue weighted by atomic mass is 10.2. The Balaban J connectivity index is 2.55. The molecule has 0 fully saturated rings. The maximum absolute atomic E-state index is 11.5. The maximum Gasteiger partial charge on any atom is 0.341 e. The number of benzene rings is 1. The first kappa shape index (κ1) is 13.0. The highest BCUT2D eigenvalue weighted by atomic mass is 16.5. The van der Waals surface area contributed by atoms with Crippen LogP contribution in [0, 0.1) is 0 Å². The SMILES string of the molecule is NCCNC(=O)c1ccc(OCC(=O)O)cc1. The highest BCUT2D eigenvalue weighted by molar-refractivity contribution is 5.94. The summed E-state index contributed by atoms with van der Waals surface area (Å²) in [6.07, 6.45) is 0. The van der Waals surface area contributed by atoms with Gasteiger partial charge in [-0.05, 0) is 24.3 Å². The number of ether oxygens (including phenoxy) is 1. The van der Waals surface area contributed by atoms with Crippen LogP contribution in [-0.2, 0) is 4.79 Å². The molecule has 0 saturated carbocycles. The second-order valence-corrected chi connectivity index (χ2v) is 3.25. The second-order valence-electron chi connectivity index (χ2n) is 3.25. The zero-order chi connectivity index (χ0) is 12.7. The van der Waals surface area contributed by atoms with E-state index in [1.54, 1.807) is 24.3 Å². The standard InChI is InChI=1S/C11H14N2O4/c12-5-6-13-11(16)8-1-3-9(4-2-8)17-7-10(14)15/h1-4H,5-7,12H2,(H,13,16)(H,14,15). The Morgan fingerprint density at radius 3 is 2.47 bits per heavy atom. The van der Waals surface area contributed by atoms with Crippen molar-refractivity contribution in [3.63, 3.8) is 0 Å². The fraction of sp³-hybridized carbons (Fsp3) is 0.273. The molecule has 0 aliphatic rings. The van der Waals surface area contributed by atoms with Crippen molar-refractivity contribution in [1.29, 1.82) is 0 Å². The van der Waals surface area contributed by atoms with Crippen LogP contribution >= 0.6 is 0 Å². The van der Waals surface area contributed by atoms with Crippen LogP contribution in [0.2, 0.25) is 0 Å². The van der Waals surface area contributed by atoms with E-state index in [-0.39, 0.29) is 5.91 Å². The number of amides is 1. The monoisotopic (exact) mass is 238 g/mol. The number of hydrogen-bond acceptors (Lipinski definition) is 4. The summed E-state index contributed by atoms with van der Waals surface area (Å²) in [5, 5.41) is 11.0. The number of carbonyl (C=O) groups excluding carboxylic acids is 1. The van der Waals surface area contributed by atoms with Crippen molar-refractivity contribution in [2.45, 2.75) is 0 Å². The van der Waals surface area contributed by atoms with Gasteiger partial charge in [-0.1, -0.05) is 0 Å². The minimum Gasteiger partial charge on any atom is -0.482 e. The molecule has 92 valence electrons. The van der Waals surface area contributed by atoms with Crippen molar-refractivity contribution in [2.24, 2.45) is 5.73 Å². The van der Waals surface area contributed by atoms with E-state index in [0.29, 0.717) is 24.4 Å². The molecule has 0 heterocycles. The van der Waals surface area contributed by atoms with E-state index in [1.807, 2.05) is 0 Å². The molecule has 0 atom stereocenters. The number of carboxylic acids is 1. The lowest BCUT2D eigenvalue weighted by molar-refractivity contribution is -0.139. The molecule has 4 N–H and O–H groups in total. The van der Waals surface area contributed by atoms with Crippen molar-refractivity contribution in [3.8, 4) is 5.75 Å². The van der Waals surface area contributed by atoms with Crippen LogP contribution in [0.5, 0.6) is 5.75 Å². The van der Waals surface area contributed by atoms with E-state index in [4.69, 9.17) is 15.6 Å². The molecule has 0 spiro atoms. The van der Waals surface area contributed by atoms with Gasteiger partial charge in [0.05, 0.1) is 0 Å². The Labute approximate surface area is 98.4 Å². The first-order valence-corrected chi connectivity index (χ1v) is 5.06. The summed E-state index contributed by atoms with van der Waals surface area (Å²) < 4.78 is 4.93. The Kier molecular flexibility index (Phi) is 4.96. The maximum atomic E-state index is 11.5. The number of aliphatic carboxylic acids is 1. The first-order chi connectivity index (χ1) is 8.13. The van der Waals surface area contributed by atoms with Crippen LogP contribution in [0.4, 0.5) is 0 Å². The zero-order valence-electron chi connectivity index (χ0n) is 9.18. The second kappa shape index (κ2) is 6.49. The van der Waals surface area contributed by atoms with E-state index in [0.717, 1.165) is 0 Å². The van der Waals surface area contributed by atoms with Gasteiger partial charge in [-0.3, -0.25) is 4.79 Å². The first-order valence-electron chi connectivity index (χ1n) is 5.06. The predicted molar refractivity (Wildman–Crippen MR) is 61.0 cm³/mol. The molecule has 0 aromatic heterocycles. The normalized spacial score (nSPS) is 9.71. The van der Waals surface area contributed by atoms with Gasteiger partial charge in [-0.2, -0.15) is 0 Å². The van der Waals surface area contributed by atoms with E-state index in [9.17, 15) is 9.59 Å². The summed E-state index contributed by atoms with van der Waals surface area (Å²) in [5.74, 6) is -0.863. The van der Waals surface area contributed by atoms with Gasteiger partial charge in [-0.15, -0.1) is 0 Å². The third-order valence-corrected chi connectivity index (χ3v) is 1.91. The van der Waals surface area contributed by atoms with Crippen molar-refractivity contribution in [2.75, 3.05) is 19.7 Å². The largest absolute Gasteiger partial charge is 0.482 e. The number of nitrogens with two attached hydrogens (primary N) is 1. The molecular weight excluding hydrogens is 224 g/mol. The number of hydrogen-bond donors (Lipinski definition) is 3. The molecule has 1 aromatic rings. The molecule has 0 bridgehead atoms. The van der Waals surface area contributed by atoms with E-state index < -0.39 is 12.6 Å². The summed E-state index contributed by atoms with van der Waals surface area (Å²) in [6.45, 7) is 0.389. The van der Waals surface area contributed by atoms with Crippen LogP contribution in [-0.4, -0.2) is 36.7 Å². The predicted octanol–water partition coefficient (Wildman–Crippen LogP) is -0.161. The minimum absolute atomic E-state index is 0.222. The molecule has 0 saturated heterocycles. The minimum atomic E-state index is -1.05. The highest BCUT2D eigenvalue weighted by Gasteiger charge is 2.05. The van der Waals surface area contributed by atoms with Gasteiger partial charge in [0.25, 0.3) is 5.91 Å². The number of rotatable bonds is 6. The highest BCUT2D eigenvalue weighted by Crippen LogP contribution is 2.11. The molecule has 1 aromatic carbocycles. The van der Waals surface area contributed by atoms with E-state index in [2.05, 4.69) is 5.32 Å². The van der Waals surface area contributed by atoms with Gasteiger partial charge in [0, 0.05) is 18.7 Å². The average Bonchev–Trinajstić information content (AvgIpc) is 2.34. The molecule has 1 amide bonds. The molecule has 0 unspecified atom stereocenters. The fourth-order valence-corrected chi connectivity index (χ4v) is 1.14. The summed E-state index contributed by atoms with van der Waals surface area (Å²) in [7, 11) is 0. The van der Waals surface area contributed by atoms with E-state index in [1.165, 1.54) is 0 Å². The molecule has 1 rings (SSSR count). The number of carboxylic acid groups (broad SMARTS) is 1. The fourth-order valence-electron chi connectivity index (χ4n) is 1.14. The summed E-state index contributed by atoms with van der Waals surface area (Å²) >= 11 is 0. The average molecular weight is 238 g/mol. The topological polar surface area (TPSA) is 102 Å². The molecule has 6 heteroatoms. The Morgan fingerprint density at radius 1 is 1.29 bits per heavy atom. The molecule has 17 heavy (non-hydrogen) atoms. The Hall–Kier alpha value is -2.08. The summed E-state index contributed by atoms with van der Waals surface area (Å²) in [4.78, 5) is 21.7. The number of nitrogens with one attached hydrogen (secondary N) is 1. The van der Waals surface area contributed by atoms with Gasteiger partial charge in [0.1, 0.15) is 5.75 Å². The van der Waals surface area contributed by atoms with Gasteiger partial charge in [-0.25, -0.2) is 4.79 Å². The summed E-state index contributed by atoms with van der Waals surface area (Å²) in [6, 6.07) is 6.20. The molecule has 0 aliphatic heterocycles. The van der Waals surface area contributed by atoms with Crippen LogP contribution in [0.3, 0.4) is 0 Å². The summed E-state index contributed by atoms with van der Waals surface area (Å²) in [5.41, 5.74) is 5.73. The quantitative estimate of drug-likeness (QED) is 0.639. The molecule has 0 aliphatic carbocycles. The van der Waals surface area contributed by atoms with Crippen LogP contribution in [0.1, 0.15) is 10.4 Å². The third-order valence-electron chi connectivity index (χ3n) is 1.91. The zero-order valence-corrected chi connectivity index (χ0v) is 9.18. The van der Waals surface area contributed by atoms with E-state index >= 15 is 0 Å². The van der Waals surface area contributed by atoms with Crippen LogP contribution in [0.15, 0.2) is 24.3 Å². The Bertz CT molecular complexity index is 389. The van der Waals surface area contributed by atoms with Crippen molar-refractivity contribution >= 4 is 11.9 Å². The Morgan fingerprint density at radius 2 is 1.94 bits per heavy atom. The van der Waals surface area contributed by atoms with Gasteiger partial charge < -0.3 is 20.9 Å². The number of carbonyl (C=O) groups is 2. The van der Waals surface area contributed by atoms with Crippen LogP contribution < -0.4 is 15.8 Å². The molecule has 0 radical (unpaired) electrons.